The average Bonchev–Trinajstić information content (AvgIpc) is 2.29. The molecule has 0 saturated heterocycles. The second kappa shape index (κ2) is 4.67. The van der Waals surface area contributed by atoms with Crippen molar-refractivity contribution >= 4 is 9.84 Å². The number of sulfone groups is 1. The zero-order valence-electron chi connectivity index (χ0n) is 9.50. The van der Waals surface area contributed by atoms with Crippen LogP contribution in [0.1, 0.15) is 11.3 Å². The molecular formula is C13H13NO2S. The maximum Gasteiger partial charge on any atom is 0.175 e. The topological polar surface area (TPSA) is 47.0 Å². The number of hydrogen-bond donors (Lipinski definition) is 0. The highest BCUT2D eigenvalue weighted by Crippen LogP contribution is 2.13. The van der Waals surface area contributed by atoms with E-state index in [4.69, 9.17) is 0 Å². The maximum absolute atomic E-state index is 11.4. The molecule has 0 spiro atoms. The minimum atomic E-state index is -3.14. The Morgan fingerprint density at radius 2 is 1.94 bits per heavy atom. The van der Waals surface area contributed by atoms with E-state index in [0.717, 1.165) is 11.3 Å². The van der Waals surface area contributed by atoms with Gasteiger partial charge in [-0.15, -0.1) is 0 Å². The summed E-state index contributed by atoms with van der Waals surface area (Å²) in [6, 6.07) is 12.7. The standard InChI is InChI=1S/C13H13NO2S/c1-17(15,16)13-7-4-5-11(10-13)9-12-6-2-3-8-14-12/h2-8,10H,9H2,1H3. The van der Waals surface area contributed by atoms with E-state index in [1.54, 1.807) is 24.4 Å². The zero-order valence-corrected chi connectivity index (χ0v) is 10.3. The summed E-state index contributed by atoms with van der Waals surface area (Å²) in [5, 5.41) is 0. The summed E-state index contributed by atoms with van der Waals surface area (Å²) < 4.78 is 22.8. The highest BCUT2D eigenvalue weighted by molar-refractivity contribution is 7.90. The van der Waals surface area contributed by atoms with Crippen molar-refractivity contribution in [3.05, 3.63) is 59.9 Å². The summed E-state index contributed by atoms with van der Waals surface area (Å²) in [6.07, 6.45) is 3.59. The van der Waals surface area contributed by atoms with Gasteiger partial charge in [0, 0.05) is 24.6 Å². The summed E-state index contributed by atoms with van der Waals surface area (Å²) in [7, 11) is -3.14. The summed E-state index contributed by atoms with van der Waals surface area (Å²) in [5.41, 5.74) is 1.88. The summed E-state index contributed by atoms with van der Waals surface area (Å²) in [4.78, 5) is 4.57. The molecule has 0 radical (unpaired) electrons. The number of aromatic nitrogens is 1. The average molecular weight is 247 g/mol. The Bertz CT molecular complexity index is 606. The first-order valence-corrected chi connectivity index (χ1v) is 7.14. The molecule has 0 unspecified atom stereocenters. The SMILES string of the molecule is CS(=O)(=O)c1cccc(Cc2ccccn2)c1. The normalized spacial score (nSPS) is 11.4. The van der Waals surface area contributed by atoms with Crippen LogP contribution in [-0.4, -0.2) is 19.7 Å². The fourth-order valence-corrected chi connectivity index (χ4v) is 2.29. The molecule has 0 atom stereocenters. The van der Waals surface area contributed by atoms with E-state index in [1.165, 1.54) is 6.26 Å². The molecule has 0 fully saturated rings. The number of rotatable bonds is 3. The molecule has 0 aliphatic carbocycles. The molecule has 4 heteroatoms. The Kier molecular flexibility index (Phi) is 3.24. The van der Waals surface area contributed by atoms with Crippen LogP contribution in [0.5, 0.6) is 0 Å². The van der Waals surface area contributed by atoms with Gasteiger partial charge in [-0.1, -0.05) is 18.2 Å². The van der Waals surface area contributed by atoms with Crippen molar-refractivity contribution in [1.29, 1.82) is 0 Å². The molecule has 88 valence electrons. The van der Waals surface area contributed by atoms with Gasteiger partial charge in [-0.05, 0) is 29.8 Å². The van der Waals surface area contributed by atoms with Gasteiger partial charge in [0.25, 0.3) is 0 Å². The molecule has 0 bridgehead atoms. The molecule has 0 saturated carbocycles. The molecule has 0 amide bonds. The minimum absolute atomic E-state index is 0.353. The van der Waals surface area contributed by atoms with Crippen molar-refractivity contribution < 1.29 is 8.42 Å². The molecule has 1 aromatic heterocycles. The summed E-state index contributed by atoms with van der Waals surface area (Å²) in [5.74, 6) is 0. The van der Waals surface area contributed by atoms with Gasteiger partial charge in [-0.3, -0.25) is 4.98 Å². The van der Waals surface area contributed by atoms with Crippen LogP contribution in [0.3, 0.4) is 0 Å². The van der Waals surface area contributed by atoms with Gasteiger partial charge >= 0.3 is 0 Å². The Hall–Kier alpha value is -1.68. The lowest BCUT2D eigenvalue weighted by Gasteiger charge is -2.03. The van der Waals surface area contributed by atoms with Crippen molar-refractivity contribution in [2.75, 3.05) is 6.26 Å². The van der Waals surface area contributed by atoms with Crippen LogP contribution in [0, 0.1) is 0 Å². The summed E-state index contributed by atoms with van der Waals surface area (Å²) >= 11 is 0. The van der Waals surface area contributed by atoms with Crippen LogP contribution < -0.4 is 0 Å². The van der Waals surface area contributed by atoms with E-state index in [-0.39, 0.29) is 0 Å². The lowest BCUT2D eigenvalue weighted by atomic mass is 10.1. The number of hydrogen-bond acceptors (Lipinski definition) is 3. The molecule has 1 heterocycles. The van der Waals surface area contributed by atoms with E-state index in [0.29, 0.717) is 11.3 Å². The van der Waals surface area contributed by atoms with Crippen molar-refractivity contribution in [3.8, 4) is 0 Å². The lowest BCUT2D eigenvalue weighted by Crippen LogP contribution is -1.99. The maximum atomic E-state index is 11.4. The van der Waals surface area contributed by atoms with Crippen LogP contribution in [0.4, 0.5) is 0 Å². The van der Waals surface area contributed by atoms with Crippen LogP contribution in [-0.2, 0) is 16.3 Å². The van der Waals surface area contributed by atoms with E-state index in [2.05, 4.69) is 4.98 Å². The van der Waals surface area contributed by atoms with Crippen molar-refractivity contribution in [3.63, 3.8) is 0 Å². The van der Waals surface area contributed by atoms with E-state index < -0.39 is 9.84 Å². The molecule has 0 aliphatic heterocycles. The third kappa shape index (κ3) is 3.14. The summed E-state index contributed by atoms with van der Waals surface area (Å²) in [6.45, 7) is 0. The Morgan fingerprint density at radius 1 is 1.12 bits per heavy atom. The second-order valence-corrected chi connectivity index (χ2v) is 5.93. The fourth-order valence-electron chi connectivity index (χ4n) is 1.60. The first-order chi connectivity index (χ1) is 8.05. The quantitative estimate of drug-likeness (QED) is 0.834. The lowest BCUT2D eigenvalue weighted by molar-refractivity contribution is 0.601. The van der Waals surface area contributed by atoms with Crippen LogP contribution in [0.25, 0.3) is 0 Å². The van der Waals surface area contributed by atoms with Gasteiger partial charge in [0.2, 0.25) is 0 Å². The Morgan fingerprint density at radius 3 is 2.59 bits per heavy atom. The van der Waals surface area contributed by atoms with Crippen LogP contribution >= 0.6 is 0 Å². The Balaban J connectivity index is 2.29. The molecule has 1 aromatic carbocycles. The van der Waals surface area contributed by atoms with Crippen LogP contribution in [0.15, 0.2) is 53.6 Å². The molecule has 3 nitrogen and oxygen atoms in total. The molecule has 2 aromatic rings. The van der Waals surface area contributed by atoms with Crippen molar-refractivity contribution in [2.45, 2.75) is 11.3 Å². The molecular weight excluding hydrogens is 234 g/mol. The third-order valence-electron chi connectivity index (χ3n) is 2.44. The Labute approximate surface area is 101 Å². The highest BCUT2D eigenvalue weighted by atomic mass is 32.2. The first-order valence-electron chi connectivity index (χ1n) is 5.24. The van der Waals surface area contributed by atoms with Gasteiger partial charge < -0.3 is 0 Å². The number of pyridine rings is 1. The van der Waals surface area contributed by atoms with E-state index in [9.17, 15) is 8.42 Å². The van der Waals surface area contributed by atoms with Gasteiger partial charge in [0.15, 0.2) is 9.84 Å². The molecule has 2 rings (SSSR count). The molecule has 17 heavy (non-hydrogen) atoms. The van der Waals surface area contributed by atoms with E-state index in [1.807, 2.05) is 24.3 Å². The van der Waals surface area contributed by atoms with Crippen molar-refractivity contribution in [2.24, 2.45) is 0 Å². The highest BCUT2D eigenvalue weighted by Gasteiger charge is 2.07. The number of benzene rings is 1. The largest absolute Gasteiger partial charge is 0.261 e. The molecule has 0 N–H and O–H groups in total. The van der Waals surface area contributed by atoms with Gasteiger partial charge in [0.05, 0.1) is 4.90 Å². The van der Waals surface area contributed by atoms with Gasteiger partial charge in [-0.2, -0.15) is 0 Å². The van der Waals surface area contributed by atoms with Gasteiger partial charge in [-0.25, -0.2) is 8.42 Å². The van der Waals surface area contributed by atoms with Gasteiger partial charge in [0.1, 0.15) is 0 Å². The second-order valence-electron chi connectivity index (χ2n) is 3.92. The monoisotopic (exact) mass is 247 g/mol. The predicted octanol–water partition coefficient (Wildman–Crippen LogP) is 2.08. The fraction of sp³-hybridized carbons (Fsp3) is 0.154. The number of nitrogens with zero attached hydrogens (tertiary/aromatic N) is 1. The smallest absolute Gasteiger partial charge is 0.175 e. The minimum Gasteiger partial charge on any atom is -0.261 e. The van der Waals surface area contributed by atoms with Crippen molar-refractivity contribution in [1.82, 2.24) is 4.98 Å². The first kappa shape index (κ1) is 11.8. The van der Waals surface area contributed by atoms with E-state index >= 15 is 0 Å². The zero-order chi connectivity index (χ0) is 12.3. The third-order valence-corrected chi connectivity index (χ3v) is 3.55. The molecule has 0 aliphatic rings. The predicted molar refractivity (Wildman–Crippen MR) is 66.6 cm³/mol. The van der Waals surface area contributed by atoms with Crippen LogP contribution in [0.2, 0.25) is 0 Å².